The molecule has 3 rings (SSSR count). The van der Waals surface area contributed by atoms with E-state index in [9.17, 15) is 35.1 Å². The second-order valence-electron chi connectivity index (χ2n) is 6.03. The second-order valence-corrected chi connectivity index (χ2v) is 6.03. The van der Waals surface area contributed by atoms with Crippen LogP contribution in [0.15, 0.2) is 65.9 Å². The molecule has 0 bridgehead atoms. The molecule has 3 aromatic rings. The SMILES string of the molecule is O=C(N/N=C/c1cccn1-c1ccc([N+](=O)[O-])cc1)c1cc([N+](=O)[O-])cc([N+](=O)[O-])c1. The molecule has 1 amide bonds. The predicted molar refractivity (Wildman–Crippen MR) is 107 cm³/mol. The van der Waals surface area contributed by atoms with Gasteiger partial charge >= 0.3 is 0 Å². The number of nitro groups is 3. The summed E-state index contributed by atoms with van der Waals surface area (Å²) in [6.07, 6.45) is 2.96. The fourth-order valence-electron chi connectivity index (χ4n) is 2.63. The average Bonchev–Trinajstić information content (AvgIpc) is 3.21. The van der Waals surface area contributed by atoms with Gasteiger partial charge in [0.25, 0.3) is 23.0 Å². The molecule has 13 nitrogen and oxygen atoms in total. The van der Waals surface area contributed by atoms with Crippen molar-refractivity contribution in [2.24, 2.45) is 5.10 Å². The maximum absolute atomic E-state index is 12.2. The monoisotopic (exact) mass is 424 g/mol. The summed E-state index contributed by atoms with van der Waals surface area (Å²) in [6, 6.07) is 11.7. The molecular formula is C18H12N6O7. The third kappa shape index (κ3) is 4.73. The fourth-order valence-corrected chi connectivity index (χ4v) is 2.63. The summed E-state index contributed by atoms with van der Waals surface area (Å²) in [4.78, 5) is 42.7. The Labute approximate surface area is 172 Å². The number of hydrogen-bond donors (Lipinski definition) is 1. The first kappa shape index (κ1) is 20.8. The van der Waals surface area contributed by atoms with Crippen molar-refractivity contribution in [1.29, 1.82) is 0 Å². The van der Waals surface area contributed by atoms with Crippen LogP contribution in [0.3, 0.4) is 0 Å². The lowest BCUT2D eigenvalue weighted by Crippen LogP contribution is -2.18. The van der Waals surface area contributed by atoms with Crippen molar-refractivity contribution in [1.82, 2.24) is 9.99 Å². The van der Waals surface area contributed by atoms with Crippen molar-refractivity contribution >= 4 is 29.2 Å². The van der Waals surface area contributed by atoms with Gasteiger partial charge in [0.15, 0.2) is 0 Å². The molecule has 156 valence electrons. The molecule has 1 N–H and O–H groups in total. The lowest BCUT2D eigenvalue weighted by molar-refractivity contribution is -0.394. The fraction of sp³-hybridized carbons (Fsp3) is 0. The molecule has 0 fully saturated rings. The zero-order valence-electron chi connectivity index (χ0n) is 15.4. The first-order valence-corrected chi connectivity index (χ1v) is 8.46. The highest BCUT2D eigenvalue weighted by atomic mass is 16.6. The van der Waals surface area contributed by atoms with Crippen molar-refractivity contribution in [2.45, 2.75) is 0 Å². The molecule has 0 aliphatic heterocycles. The summed E-state index contributed by atoms with van der Waals surface area (Å²) in [6.45, 7) is 0. The Morgan fingerprint density at radius 3 is 2.00 bits per heavy atom. The number of non-ortho nitro benzene ring substituents is 3. The Kier molecular flexibility index (Phi) is 5.77. The largest absolute Gasteiger partial charge is 0.316 e. The van der Waals surface area contributed by atoms with Gasteiger partial charge in [-0.3, -0.25) is 35.1 Å². The number of nitrogens with one attached hydrogen (secondary N) is 1. The summed E-state index contributed by atoms with van der Waals surface area (Å²) >= 11 is 0. The van der Waals surface area contributed by atoms with Gasteiger partial charge in [-0.15, -0.1) is 0 Å². The van der Waals surface area contributed by atoms with Gasteiger partial charge in [0.05, 0.1) is 38.3 Å². The summed E-state index contributed by atoms with van der Waals surface area (Å²) in [5.41, 5.74) is 1.71. The van der Waals surface area contributed by atoms with Crippen LogP contribution in [0, 0.1) is 30.3 Å². The van der Waals surface area contributed by atoms with Crippen LogP contribution >= 0.6 is 0 Å². The van der Waals surface area contributed by atoms with Crippen molar-refractivity contribution in [3.8, 4) is 5.69 Å². The third-order valence-electron chi connectivity index (χ3n) is 4.07. The minimum Gasteiger partial charge on any atom is -0.316 e. The zero-order chi connectivity index (χ0) is 22.5. The van der Waals surface area contributed by atoms with Crippen LogP contribution in [0.5, 0.6) is 0 Å². The molecule has 0 saturated carbocycles. The quantitative estimate of drug-likeness (QED) is 0.344. The minimum absolute atomic E-state index is 0.0653. The van der Waals surface area contributed by atoms with E-state index in [1.807, 2.05) is 0 Å². The second kappa shape index (κ2) is 8.60. The zero-order valence-corrected chi connectivity index (χ0v) is 15.4. The van der Waals surface area contributed by atoms with Crippen LogP contribution in [-0.2, 0) is 0 Å². The molecule has 1 heterocycles. The number of amides is 1. The summed E-state index contributed by atoms with van der Waals surface area (Å²) in [5.74, 6) is -0.878. The van der Waals surface area contributed by atoms with Gasteiger partial charge in [0.2, 0.25) is 0 Å². The van der Waals surface area contributed by atoms with Crippen LogP contribution < -0.4 is 5.43 Å². The molecule has 2 aromatic carbocycles. The van der Waals surface area contributed by atoms with Gasteiger partial charge < -0.3 is 4.57 Å². The number of rotatable bonds is 7. The van der Waals surface area contributed by atoms with Crippen molar-refractivity contribution in [3.63, 3.8) is 0 Å². The van der Waals surface area contributed by atoms with E-state index in [0.29, 0.717) is 11.4 Å². The van der Waals surface area contributed by atoms with Crippen molar-refractivity contribution in [3.05, 3.63) is 102 Å². The Morgan fingerprint density at radius 2 is 1.45 bits per heavy atom. The number of hydrogen-bond acceptors (Lipinski definition) is 8. The summed E-state index contributed by atoms with van der Waals surface area (Å²) in [5, 5.41) is 36.4. The number of carbonyl (C=O) groups is 1. The van der Waals surface area contributed by atoms with Gasteiger partial charge in [0.1, 0.15) is 0 Å². The highest BCUT2D eigenvalue weighted by Crippen LogP contribution is 2.22. The Balaban J connectivity index is 1.78. The number of aromatic nitrogens is 1. The van der Waals surface area contributed by atoms with Crippen molar-refractivity contribution < 1.29 is 19.6 Å². The molecule has 1 aromatic heterocycles. The molecule has 0 spiro atoms. The molecule has 0 aliphatic rings. The number of carbonyl (C=O) groups excluding carboxylic acids is 1. The maximum Gasteiger partial charge on any atom is 0.277 e. The van der Waals surface area contributed by atoms with Crippen molar-refractivity contribution in [2.75, 3.05) is 0 Å². The van der Waals surface area contributed by atoms with E-state index >= 15 is 0 Å². The lowest BCUT2D eigenvalue weighted by Gasteiger charge is -2.06. The first-order chi connectivity index (χ1) is 14.8. The van der Waals surface area contributed by atoms with E-state index < -0.39 is 32.1 Å². The predicted octanol–water partition coefficient (Wildman–Crippen LogP) is 2.97. The number of nitro benzene ring substituents is 3. The van der Waals surface area contributed by atoms with Gasteiger partial charge in [0, 0.05) is 36.1 Å². The molecule has 0 unspecified atom stereocenters. The van der Waals surface area contributed by atoms with Crippen LogP contribution in [0.25, 0.3) is 5.69 Å². The first-order valence-electron chi connectivity index (χ1n) is 8.46. The smallest absolute Gasteiger partial charge is 0.277 e. The van der Waals surface area contributed by atoms with Gasteiger partial charge in [-0.2, -0.15) is 5.10 Å². The number of benzene rings is 2. The molecule has 0 radical (unpaired) electrons. The highest BCUT2D eigenvalue weighted by molar-refractivity contribution is 5.96. The Morgan fingerprint density at radius 1 is 0.871 bits per heavy atom. The summed E-state index contributed by atoms with van der Waals surface area (Å²) < 4.78 is 1.65. The minimum atomic E-state index is -0.878. The van der Waals surface area contributed by atoms with Gasteiger partial charge in [-0.25, -0.2) is 5.43 Å². The van der Waals surface area contributed by atoms with Gasteiger partial charge in [-0.1, -0.05) is 0 Å². The average molecular weight is 424 g/mol. The maximum atomic E-state index is 12.2. The molecule has 0 saturated heterocycles. The van der Waals surface area contributed by atoms with Crippen LogP contribution in [0.2, 0.25) is 0 Å². The van der Waals surface area contributed by atoms with Crippen LogP contribution in [0.4, 0.5) is 17.1 Å². The van der Waals surface area contributed by atoms with E-state index in [1.54, 1.807) is 22.9 Å². The lowest BCUT2D eigenvalue weighted by atomic mass is 10.1. The van der Waals surface area contributed by atoms with E-state index in [2.05, 4.69) is 10.5 Å². The topological polar surface area (TPSA) is 176 Å². The summed E-state index contributed by atoms with van der Waals surface area (Å²) in [7, 11) is 0. The number of hydrazone groups is 1. The van der Waals surface area contributed by atoms with E-state index in [-0.39, 0.29) is 11.3 Å². The van der Waals surface area contributed by atoms with E-state index in [4.69, 9.17) is 0 Å². The number of nitrogens with zero attached hydrogens (tertiary/aromatic N) is 5. The third-order valence-corrected chi connectivity index (χ3v) is 4.07. The highest BCUT2D eigenvalue weighted by Gasteiger charge is 2.19. The van der Waals surface area contributed by atoms with Gasteiger partial charge in [-0.05, 0) is 24.3 Å². The molecule has 13 heteroatoms. The standard InChI is InChI=1S/C18H12N6O7/c25-18(12-8-16(23(28)29)10-17(9-12)24(30)31)20-19-11-15-2-1-7-21(15)13-3-5-14(6-4-13)22(26)27/h1-11H,(H,20,25)/b19-11+. The molecule has 0 atom stereocenters. The van der Waals surface area contributed by atoms with E-state index in [0.717, 1.165) is 18.2 Å². The molecule has 0 aliphatic carbocycles. The molecule has 31 heavy (non-hydrogen) atoms. The Hall–Kier alpha value is -4.94. The van der Waals surface area contributed by atoms with Crippen LogP contribution in [0.1, 0.15) is 16.1 Å². The Bertz CT molecular complexity index is 1180. The molecular weight excluding hydrogens is 412 g/mol. The normalized spacial score (nSPS) is 10.7. The van der Waals surface area contributed by atoms with Crippen LogP contribution in [-0.4, -0.2) is 31.5 Å². The van der Waals surface area contributed by atoms with E-state index in [1.165, 1.54) is 30.5 Å².